The molecule has 2 rings (SSSR count). The Kier molecular flexibility index (Phi) is 5.71. The van der Waals surface area contributed by atoms with Crippen molar-refractivity contribution in [2.24, 2.45) is 0 Å². The van der Waals surface area contributed by atoms with Gasteiger partial charge in [-0.05, 0) is 44.9 Å². The number of aryl methyl sites for hydroxylation is 1. The molecule has 0 bridgehead atoms. The fourth-order valence-electron chi connectivity index (χ4n) is 1.82. The first-order valence-electron chi connectivity index (χ1n) is 7.34. The van der Waals surface area contributed by atoms with E-state index in [1.807, 2.05) is 36.6 Å². The summed E-state index contributed by atoms with van der Waals surface area (Å²) in [5, 5.41) is 0. The summed E-state index contributed by atoms with van der Waals surface area (Å²) in [6.07, 6.45) is 1.86. The van der Waals surface area contributed by atoms with Gasteiger partial charge in [-0.3, -0.25) is 0 Å². The second-order valence-corrected chi connectivity index (χ2v) is 6.91. The minimum absolute atomic E-state index is 0.104. The van der Waals surface area contributed by atoms with Crippen LogP contribution in [-0.4, -0.2) is 28.7 Å². The maximum atomic E-state index is 11.9. The summed E-state index contributed by atoms with van der Waals surface area (Å²) in [4.78, 5) is 16.3. The van der Waals surface area contributed by atoms with Crippen LogP contribution in [0.2, 0.25) is 0 Å². The second-order valence-electron chi connectivity index (χ2n) is 5.93. The van der Waals surface area contributed by atoms with Crippen LogP contribution in [0, 0.1) is 0 Å². The number of aromatic nitrogens is 1. The van der Waals surface area contributed by atoms with E-state index in [2.05, 4.69) is 4.98 Å². The van der Waals surface area contributed by atoms with Gasteiger partial charge in [0.1, 0.15) is 11.3 Å². The summed E-state index contributed by atoms with van der Waals surface area (Å²) in [5.41, 5.74) is 0.819. The summed E-state index contributed by atoms with van der Waals surface area (Å²) in [5.74, 6) is 1.39. The molecule has 1 aromatic heterocycles. The lowest BCUT2D eigenvalue weighted by Crippen LogP contribution is -2.26. The molecule has 0 amide bonds. The van der Waals surface area contributed by atoms with E-state index in [0.717, 1.165) is 11.3 Å². The minimum Gasteiger partial charge on any atom is -0.428 e. The number of ether oxygens (including phenoxy) is 2. The number of carbonyl (C=O) groups is 1. The first-order chi connectivity index (χ1) is 10.9. The minimum atomic E-state index is -0.793. The summed E-state index contributed by atoms with van der Waals surface area (Å²) < 4.78 is 16.0. The van der Waals surface area contributed by atoms with Crippen LogP contribution in [0.1, 0.15) is 26.5 Å². The van der Waals surface area contributed by atoms with E-state index in [0.29, 0.717) is 18.0 Å². The molecule has 0 aliphatic heterocycles. The molecule has 0 radical (unpaired) electrons. The van der Waals surface area contributed by atoms with Gasteiger partial charge in [0.2, 0.25) is 5.89 Å². The van der Waals surface area contributed by atoms with E-state index >= 15 is 0 Å². The smallest absolute Gasteiger partial charge is 0.428 e. The molecule has 2 aromatic rings. The van der Waals surface area contributed by atoms with E-state index in [4.69, 9.17) is 13.9 Å². The molecule has 0 spiro atoms. The van der Waals surface area contributed by atoms with Crippen molar-refractivity contribution < 1.29 is 18.7 Å². The maximum absolute atomic E-state index is 11.9. The van der Waals surface area contributed by atoms with Crippen molar-refractivity contribution in [1.82, 2.24) is 4.98 Å². The number of thioether (sulfide) groups is 1. The molecule has 0 N–H and O–H groups in total. The zero-order valence-electron chi connectivity index (χ0n) is 13.8. The molecule has 0 saturated carbocycles. The molecule has 6 heteroatoms. The molecule has 0 atom stereocenters. The molecule has 5 nitrogen and oxygen atoms in total. The number of rotatable bonds is 5. The van der Waals surface area contributed by atoms with Gasteiger partial charge in [0.25, 0.3) is 0 Å². The fourth-order valence-corrected chi connectivity index (χ4v) is 2.22. The SMILES string of the molecule is CSCCc1nc(-c2ccccc2)oc1OC(=O)OC(C)(C)C. The molecule has 23 heavy (non-hydrogen) atoms. The van der Waals surface area contributed by atoms with Crippen LogP contribution >= 0.6 is 11.8 Å². The van der Waals surface area contributed by atoms with Crippen LogP contribution in [0.15, 0.2) is 34.7 Å². The highest BCUT2D eigenvalue weighted by Crippen LogP contribution is 2.29. The molecule has 1 aromatic carbocycles. The summed E-state index contributed by atoms with van der Waals surface area (Å²) >= 11 is 1.69. The quantitative estimate of drug-likeness (QED) is 0.746. The Bertz CT molecular complexity index is 646. The third kappa shape index (κ3) is 5.32. The highest BCUT2D eigenvalue weighted by molar-refractivity contribution is 7.98. The average molecular weight is 335 g/mol. The van der Waals surface area contributed by atoms with Crippen molar-refractivity contribution in [2.45, 2.75) is 32.8 Å². The number of benzene rings is 1. The molecular formula is C17H21NO4S. The second kappa shape index (κ2) is 7.55. The van der Waals surface area contributed by atoms with Gasteiger partial charge in [0.05, 0.1) is 0 Å². The third-order valence-electron chi connectivity index (χ3n) is 2.79. The predicted octanol–water partition coefficient (Wildman–Crippen LogP) is 4.56. The van der Waals surface area contributed by atoms with Gasteiger partial charge in [-0.1, -0.05) is 18.2 Å². The van der Waals surface area contributed by atoms with Crippen molar-refractivity contribution in [1.29, 1.82) is 0 Å². The monoisotopic (exact) mass is 335 g/mol. The lowest BCUT2D eigenvalue weighted by atomic mass is 10.2. The number of oxazole rings is 1. The van der Waals surface area contributed by atoms with E-state index in [1.54, 1.807) is 32.5 Å². The zero-order valence-corrected chi connectivity index (χ0v) is 14.6. The number of nitrogens with zero attached hydrogens (tertiary/aromatic N) is 1. The van der Waals surface area contributed by atoms with E-state index in [1.165, 1.54) is 0 Å². The predicted molar refractivity (Wildman–Crippen MR) is 90.9 cm³/mol. The highest BCUT2D eigenvalue weighted by Gasteiger charge is 2.23. The molecule has 0 unspecified atom stereocenters. The van der Waals surface area contributed by atoms with Crippen molar-refractivity contribution in [3.63, 3.8) is 0 Å². The van der Waals surface area contributed by atoms with Gasteiger partial charge in [-0.25, -0.2) is 9.78 Å². The molecule has 0 aliphatic rings. The van der Waals surface area contributed by atoms with Gasteiger partial charge in [0, 0.05) is 12.0 Å². The molecule has 0 saturated heterocycles. The summed E-state index contributed by atoms with van der Waals surface area (Å²) in [7, 11) is 0. The Morgan fingerprint density at radius 1 is 1.26 bits per heavy atom. The van der Waals surface area contributed by atoms with E-state index < -0.39 is 11.8 Å². The highest BCUT2D eigenvalue weighted by atomic mass is 32.2. The standard InChI is InChI=1S/C17H21NO4S/c1-17(2,3)22-16(19)21-15-13(10-11-23-4)18-14(20-15)12-8-6-5-7-9-12/h5-9H,10-11H2,1-4H3. The Balaban J connectivity index is 2.22. The van der Waals surface area contributed by atoms with Gasteiger partial charge < -0.3 is 13.9 Å². The Hall–Kier alpha value is -1.95. The zero-order chi connectivity index (χ0) is 16.9. The molecule has 124 valence electrons. The van der Waals surface area contributed by atoms with Gasteiger partial charge >= 0.3 is 12.1 Å². The largest absolute Gasteiger partial charge is 0.516 e. The number of hydrogen-bond donors (Lipinski definition) is 0. The van der Waals surface area contributed by atoms with E-state index in [-0.39, 0.29) is 5.95 Å². The Morgan fingerprint density at radius 3 is 2.57 bits per heavy atom. The van der Waals surface area contributed by atoms with Crippen LogP contribution in [0.4, 0.5) is 4.79 Å². The molecule has 0 aliphatic carbocycles. The van der Waals surface area contributed by atoms with E-state index in [9.17, 15) is 4.79 Å². The molecule has 0 fully saturated rings. The van der Waals surface area contributed by atoms with Crippen LogP contribution in [0.5, 0.6) is 5.95 Å². The first kappa shape index (κ1) is 17.4. The topological polar surface area (TPSA) is 61.6 Å². The van der Waals surface area contributed by atoms with Crippen LogP contribution < -0.4 is 4.74 Å². The Morgan fingerprint density at radius 2 is 1.96 bits per heavy atom. The van der Waals surface area contributed by atoms with Gasteiger partial charge in [0.15, 0.2) is 0 Å². The molecular weight excluding hydrogens is 314 g/mol. The van der Waals surface area contributed by atoms with Crippen LogP contribution in [0.3, 0.4) is 0 Å². The first-order valence-corrected chi connectivity index (χ1v) is 8.73. The van der Waals surface area contributed by atoms with Crippen molar-refractivity contribution >= 4 is 17.9 Å². The van der Waals surface area contributed by atoms with Crippen molar-refractivity contribution in [2.75, 3.05) is 12.0 Å². The summed E-state index contributed by atoms with van der Waals surface area (Å²) in [6, 6.07) is 9.49. The lowest BCUT2D eigenvalue weighted by molar-refractivity contribution is 0.0158. The van der Waals surface area contributed by atoms with Gasteiger partial charge in [-0.2, -0.15) is 11.8 Å². The Labute approximate surface area is 140 Å². The van der Waals surface area contributed by atoms with Crippen LogP contribution in [-0.2, 0) is 11.2 Å². The lowest BCUT2D eigenvalue weighted by Gasteiger charge is -2.18. The molecule has 1 heterocycles. The average Bonchev–Trinajstić information content (AvgIpc) is 2.87. The van der Waals surface area contributed by atoms with Crippen molar-refractivity contribution in [3.05, 3.63) is 36.0 Å². The summed E-state index contributed by atoms with van der Waals surface area (Å²) in [6.45, 7) is 5.33. The number of carbonyl (C=O) groups excluding carboxylic acids is 1. The maximum Gasteiger partial charge on any atom is 0.516 e. The number of hydrogen-bond acceptors (Lipinski definition) is 6. The third-order valence-corrected chi connectivity index (χ3v) is 3.40. The fraction of sp³-hybridized carbons (Fsp3) is 0.412. The van der Waals surface area contributed by atoms with Gasteiger partial charge in [-0.15, -0.1) is 0 Å². The normalized spacial score (nSPS) is 11.3. The van der Waals surface area contributed by atoms with Crippen LogP contribution in [0.25, 0.3) is 11.5 Å². The van der Waals surface area contributed by atoms with Crippen molar-refractivity contribution in [3.8, 4) is 17.4 Å².